The van der Waals surface area contributed by atoms with Gasteiger partial charge in [-0.15, -0.1) is 11.3 Å². The van der Waals surface area contributed by atoms with E-state index in [2.05, 4.69) is 26.2 Å². The maximum Gasteiger partial charge on any atom is 0.230 e. The van der Waals surface area contributed by atoms with Gasteiger partial charge in [-0.1, -0.05) is 6.42 Å². The number of hydrogen-bond acceptors (Lipinski definition) is 5. The number of likely N-dealkylation sites (tertiary alicyclic amines) is 1. The Bertz CT molecular complexity index is 845. The van der Waals surface area contributed by atoms with E-state index < -0.39 is 0 Å². The Labute approximate surface area is 158 Å². The van der Waals surface area contributed by atoms with Crippen LogP contribution < -0.4 is 4.90 Å². The van der Waals surface area contributed by atoms with Crippen LogP contribution in [-0.2, 0) is 4.79 Å². The topological polar surface area (TPSA) is 49.3 Å². The van der Waals surface area contributed by atoms with Gasteiger partial charge < -0.3 is 9.80 Å². The molecule has 4 heterocycles. The fourth-order valence-corrected chi connectivity index (χ4v) is 5.73. The van der Waals surface area contributed by atoms with Gasteiger partial charge in [0.1, 0.15) is 16.5 Å². The van der Waals surface area contributed by atoms with Crippen LogP contribution in [0.3, 0.4) is 0 Å². The molecule has 5 rings (SSSR count). The fourth-order valence-electron chi connectivity index (χ4n) is 4.93. The first kappa shape index (κ1) is 16.5. The average molecular weight is 371 g/mol. The molecule has 3 fully saturated rings. The highest BCUT2D eigenvalue weighted by Crippen LogP contribution is 2.43. The molecule has 6 heteroatoms. The summed E-state index contributed by atoms with van der Waals surface area (Å²) in [5, 5.41) is 3.22. The Morgan fingerprint density at radius 1 is 1.23 bits per heavy atom. The fraction of sp³-hybridized carbons (Fsp3) is 0.650. The van der Waals surface area contributed by atoms with Crippen molar-refractivity contribution in [3.8, 4) is 0 Å². The highest BCUT2D eigenvalue weighted by Gasteiger charge is 2.49. The van der Waals surface area contributed by atoms with Crippen LogP contribution in [-0.4, -0.2) is 47.0 Å². The summed E-state index contributed by atoms with van der Waals surface area (Å²) in [7, 11) is 0. The molecule has 1 aliphatic carbocycles. The van der Waals surface area contributed by atoms with Gasteiger partial charge in [-0.05, 0) is 56.4 Å². The second-order valence-corrected chi connectivity index (χ2v) is 9.23. The molecule has 1 spiro atoms. The third kappa shape index (κ3) is 2.61. The highest BCUT2D eigenvalue weighted by molar-refractivity contribution is 7.16. The zero-order valence-corrected chi connectivity index (χ0v) is 16.2. The molecule has 5 nitrogen and oxygen atoms in total. The monoisotopic (exact) mass is 370 g/mol. The van der Waals surface area contributed by atoms with Crippen molar-refractivity contribution in [2.45, 2.75) is 45.4 Å². The molecule has 0 aromatic carbocycles. The second-order valence-electron chi connectivity index (χ2n) is 8.34. The van der Waals surface area contributed by atoms with E-state index in [1.54, 1.807) is 11.3 Å². The minimum absolute atomic E-state index is 0.191. The van der Waals surface area contributed by atoms with Gasteiger partial charge in [0, 0.05) is 26.2 Å². The van der Waals surface area contributed by atoms with Crippen molar-refractivity contribution >= 4 is 33.3 Å². The first-order valence-electron chi connectivity index (χ1n) is 9.91. The molecule has 138 valence electrons. The van der Waals surface area contributed by atoms with Gasteiger partial charge in [-0.3, -0.25) is 4.79 Å². The zero-order valence-electron chi connectivity index (χ0n) is 15.4. The molecule has 0 unspecified atom stereocenters. The van der Waals surface area contributed by atoms with Crippen LogP contribution in [0.1, 0.15) is 44.3 Å². The molecule has 2 aromatic heterocycles. The lowest BCUT2D eigenvalue weighted by atomic mass is 9.77. The summed E-state index contributed by atoms with van der Waals surface area (Å²) >= 11 is 1.67. The normalized spacial score (nSPS) is 26.9. The minimum atomic E-state index is -0.191. The van der Waals surface area contributed by atoms with Crippen molar-refractivity contribution in [1.29, 1.82) is 0 Å². The smallest absolute Gasteiger partial charge is 0.230 e. The van der Waals surface area contributed by atoms with Crippen molar-refractivity contribution in [2.75, 3.05) is 31.1 Å². The summed E-state index contributed by atoms with van der Waals surface area (Å²) in [6.45, 7) is 5.64. The number of anilines is 1. The summed E-state index contributed by atoms with van der Waals surface area (Å²) in [5.41, 5.74) is -0.191. The Morgan fingerprint density at radius 3 is 2.92 bits per heavy atom. The number of fused-ring (bicyclic) bond motifs is 1. The highest BCUT2D eigenvalue weighted by atomic mass is 32.1. The first-order valence-corrected chi connectivity index (χ1v) is 10.8. The Hall–Kier alpha value is -1.69. The molecule has 0 N–H and O–H groups in total. The Balaban J connectivity index is 1.40. The SMILES string of the molecule is Cc1nc(N2CC[C@@]3(CCCN(CC4CCC4)C3=O)C2)c2ccsc2n1. The number of carbonyl (C=O) groups excluding carboxylic acids is 1. The summed E-state index contributed by atoms with van der Waals surface area (Å²) in [6, 6.07) is 2.12. The Kier molecular flexibility index (Phi) is 3.92. The second kappa shape index (κ2) is 6.19. The summed E-state index contributed by atoms with van der Waals surface area (Å²) < 4.78 is 0. The van der Waals surface area contributed by atoms with Crippen LogP contribution in [0.25, 0.3) is 10.2 Å². The molecule has 2 aliphatic heterocycles. The van der Waals surface area contributed by atoms with E-state index in [1.165, 1.54) is 19.3 Å². The average Bonchev–Trinajstić information content (AvgIpc) is 3.21. The third-order valence-corrected chi connectivity index (χ3v) is 7.40. The van der Waals surface area contributed by atoms with Crippen LogP contribution >= 0.6 is 11.3 Å². The van der Waals surface area contributed by atoms with E-state index in [4.69, 9.17) is 4.98 Å². The maximum atomic E-state index is 13.4. The minimum Gasteiger partial charge on any atom is -0.355 e. The quantitative estimate of drug-likeness (QED) is 0.828. The van der Waals surface area contributed by atoms with Crippen LogP contribution in [0.4, 0.5) is 5.82 Å². The molecule has 0 bridgehead atoms. The van der Waals surface area contributed by atoms with Crippen molar-refractivity contribution in [3.63, 3.8) is 0 Å². The molecule has 1 amide bonds. The number of thiophene rings is 1. The van der Waals surface area contributed by atoms with E-state index in [9.17, 15) is 4.79 Å². The van der Waals surface area contributed by atoms with Gasteiger partial charge in [0.2, 0.25) is 5.91 Å². The van der Waals surface area contributed by atoms with Gasteiger partial charge in [0.05, 0.1) is 10.8 Å². The van der Waals surface area contributed by atoms with Gasteiger partial charge in [-0.2, -0.15) is 0 Å². The van der Waals surface area contributed by atoms with Gasteiger partial charge in [0.15, 0.2) is 0 Å². The molecule has 1 atom stereocenters. The molecule has 3 aliphatic rings. The molecule has 26 heavy (non-hydrogen) atoms. The lowest BCUT2D eigenvalue weighted by molar-refractivity contribution is -0.146. The van der Waals surface area contributed by atoms with Crippen molar-refractivity contribution in [2.24, 2.45) is 11.3 Å². The van der Waals surface area contributed by atoms with E-state index in [0.717, 1.165) is 73.2 Å². The zero-order chi connectivity index (χ0) is 17.7. The van der Waals surface area contributed by atoms with Gasteiger partial charge in [0.25, 0.3) is 0 Å². The van der Waals surface area contributed by atoms with E-state index >= 15 is 0 Å². The first-order chi connectivity index (χ1) is 12.6. The van der Waals surface area contributed by atoms with Crippen molar-refractivity contribution in [3.05, 3.63) is 17.3 Å². The van der Waals surface area contributed by atoms with E-state index in [1.807, 2.05) is 6.92 Å². The predicted molar refractivity (Wildman–Crippen MR) is 105 cm³/mol. The van der Waals surface area contributed by atoms with E-state index in [-0.39, 0.29) is 5.41 Å². The van der Waals surface area contributed by atoms with Crippen molar-refractivity contribution < 1.29 is 4.79 Å². The number of rotatable bonds is 3. The van der Waals surface area contributed by atoms with Crippen LogP contribution in [0, 0.1) is 18.3 Å². The Morgan fingerprint density at radius 2 is 2.12 bits per heavy atom. The molecule has 2 aromatic rings. The molecule has 0 radical (unpaired) electrons. The van der Waals surface area contributed by atoms with Crippen LogP contribution in [0.15, 0.2) is 11.4 Å². The van der Waals surface area contributed by atoms with Gasteiger partial charge in [-0.25, -0.2) is 9.97 Å². The number of aromatic nitrogens is 2. The van der Waals surface area contributed by atoms with Crippen LogP contribution in [0.2, 0.25) is 0 Å². The number of piperidine rings is 1. The molecule has 1 saturated carbocycles. The summed E-state index contributed by atoms with van der Waals surface area (Å²) in [6.07, 6.45) is 7.08. The van der Waals surface area contributed by atoms with Crippen LogP contribution in [0.5, 0.6) is 0 Å². The number of nitrogens with zero attached hydrogens (tertiary/aromatic N) is 4. The van der Waals surface area contributed by atoms with E-state index in [0.29, 0.717) is 5.91 Å². The number of hydrogen-bond donors (Lipinski definition) is 0. The largest absolute Gasteiger partial charge is 0.355 e. The summed E-state index contributed by atoms with van der Waals surface area (Å²) in [5.74, 6) is 3.00. The predicted octanol–water partition coefficient (Wildman–Crippen LogP) is 3.62. The number of amides is 1. The van der Waals surface area contributed by atoms with Crippen molar-refractivity contribution in [1.82, 2.24) is 14.9 Å². The molecule has 2 saturated heterocycles. The standard InChI is InChI=1S/C20H26N4OS/c1-14-21-17(16-6-11-26-18(16)22-14)24-10-8-20(13-24)7-3-9-23(19(20)25)12-15-4-2-5-15/h6,11,15H,2-5,7-10,12-13H2,1H3/t20-/m0/s1. The molecular formula is C20H26N4OS. The lowest BCUT2D eigenvalue weighted by Gasteiger charge is -2.42. The van der Waals surface area contributed by atoms with Gasteiger partial charge >= 0.3 is 0 Å². The number of aryl methyl sites for hydroxylation is 1. The maximum absolute atomic E-state index is 13.4. The number of carbonyl (C=O) groups is 1. The summed E-state index contributed by atoms with van der Waals surface area (Å²) in [4.78, 5) is 28.2. The molecular weight excluding hydrogens is 344 g/mol. The lowest BCUT2D eigenvalue weighted by Crippen LogP contribution is -2.51. The third-order valence-electron chi connectivity index (χ3n) is 6.60.